The molecule has 0 atom stereocenters. The van der Waals surface area contributed by atoms with Gasteiger partial charge in [0.05, 0.1) is 6.61 Å². The molecule has 98 valence electrons. The van der Waals surface area contributed by atoms with Crippen molar-refractivity contribution in [2.45, 2.75) is 40.7 Å². The van der Waals surface area contributed by atoms with Crippen LogP contribution in [-0.2, 0) is 4.74 Å². The number of nitrogens with zero attached hydrogens (tertiary/aromatic N) is 1. The first-order valence-corrected chi connectivity index (χ1v) is 6.60. The van der Waals surface area contributed by atoms with Gasteiger partial charge in [0.15, 0.2) is 0 Å². The molecule has 3 nitrogen and oxygen atoms in total. The van der Waals surface area contributed by atoms with Crippen molar-refractivity contribution in [3.8, 4) is 0 Å². The molecule has 0 aliphatic rings. The van der Waals surface area contributed by atoms with Crippen molar-refractivity contribution in [2.75, 3.05) is 39.4 Å². The highest BCUT2D eigenvalue weighted by Crippen LogP contribution is 2.02. The summed E-state index contributed by atoms with van der Waals surface area (Å²) in [5.41, 5.74) is 0. The molecule has 0 aromatic carbocycles. The van der Waals surface area contributed by atoms with E-state index in [4.69, 9.17) is 4.74 Å². The fraction of sp³-hybridized carbons (Fsp3) is 1.00. The third-order valence-corrected chi connectivity index (χ3v) is 2.53. The lowest BCUT2D eigenvalue weighted by atomic mass is 10.2. The zero-order valence-electron chi connectivity index (χ0n) is 11.8. The maximum Gasteiger partial charge on any atom is 0.0590 e. The van der Waals surface area contributed by atoms with Gasteiger partial charge in [-0.15, -0.1) is 0 Å². The van der Waals surface area contributed by atoms with Crippen LogP contribution in [0.3, 0.4) is 0 Å². The monoisotopic (exact) mass is 230 g/mol. The van der Waals surface area contributed by atoms with Crippen LogP contribution in [0, 0.1) is 5.92 Å². The zero-order valence-corrected chi connectivity index (χ0v) is 11.8. The second kappa shape index (κ2) is 10.1. The summed E-state index contributed by atoms with van der Waals surface area (Å²) in [4.78, 5) is 2.53. The van der Waals surface area contributed by atoms with Gasteiger partial charge in [-0.2, -0.15) is 0 Å². The normalized spacial score (nSPS) is 12.0. The second-order valence-corrected chi connectivity index (χ2v) is 4.93. The molecular formula is C13H30N2O. The minimum atomic E-state index is 0.635. The van der Waals surface area contributed by atoms with E-state index >= 15 is 0 Å². The fourth-order valence-electron chi connectivity index (χ4n) is 1.67. The van der Waals surface area contributed by atoms with Gasteiger partial charge in [-0.1, -0.05) is 13.8 Å². The third kappa shape index (κ3) is 9.13. The molecule has 0 fully saturated rings. The summed E-state index contributed by atoms with van der Waals surface area (Å²) in [5.74, 6) is 0.742. The maximum atomic E-state index is 5.28. The summed E-state index contributed by atoms with van der Waals surface area (Å²) >= 11 is 0. The van der Waals surface area contributed by atoms with Crippen LogP contribution >= 0.6 is 0 Å². The van der Waals surface area contributed by atoms with Crippen molar-refractivity contribution in [1.82, 2.24) is 10.2 Å². The molecule has 3 heteroatoms. The van der Waals surface area contributed by atoms with E-state index < -0.39 is 0 Å². The van der Waals surface area contributed by atoms with Crippen molar-refractivity contribution in [3.05, 3.63) is 0 Å². The van der Waals surface area contributed by atoms with Gasteiger partial charge in [0.2, 0.25) is 0 Å². The van der Waals surface area contributed by atoms with Crippen LogP contribution in [0.2, 0.25) is 0 Å². The Kier molecular flexibility index (Phi) is 9.99. The lowest BCUT2D eigenvalue weighted by Gasteiger charge is -2.28. The highest BCUT2D eigenvalue weighted by Gasteiger charge is 2.09. The van der Waals surface area contributed by atoms with Crippen molar-refractivity contribution in [1.29, 1.82) is 0 Å². The molecule has 0 aromatic heterocycles. The number of ether oxygens (including phenoxy) is 1. The lowest BCUT2D eigenvalue weighted by molar-refractivity contribution is 0.146. The summed E-state index contributed by atoms with van der Waals surface area (Å²) in [6.45, 7) is 17.1. The van der Waals surface area contributed by atoms with Gasteiger partial charge >= 0.3 is 0 Å². The molecule has 0 aliphatic carbocycles. The summed E-state index contributed by atoms with van der Waals surface area (Å²) in [6.07, 6.45) is 0. The Balaban J connectivity index is 3.52. The molecule has 0 aliphatic heterocycles. The number of hydrogen-bond acceptors (Lipinski definition) is 3. The minimum Gasteiger partial charge on any atom is -0.380 e. The molecular weight excluding hydrogens is 200 g/mol. The van der Waals surface area contributed by atoms with Crippen LogP contribution in [0.15, 0.2) is 0 Å². The minimum absolute atomic E-state index is 0.635. The van der Waals surface area contributed by atoms with E-state index in [1.807, 2.05) is 6.92 Å². The van der Waals surface area contributed by atoms with Crippen molar-refractivity contribution in [2.24, 2.45) is 5.92 Å². The predicted molar refractivity (Wildman–Crippen MR) is 70.9 cm³/mol. The Hall–Kier alpha value is -0.120. The van der Waals surface area contributed by atoms with Crippen molar-refractivity contribution >= 4 is 0 Å². The maximum absolute atomic E-state index is 5.28. The molecule has 0 saturated carbocycles. The van der Waals surface area contributed by atoms with Gasteiger partial charge in [-0.05, 0) is 26.7 Å². The fourth-order valence-corrected chi connectivity index (χ4v) is 1.67. The van der Waals surface area contributed by atoms with E-state index in [2.05, 4.69) is 37.9 Å². The van der Waals surface area contributed by atoms with Crippen LogP contribution in [0.25, 0.3) is 0 Å². The number of rotatable bonds is 10. The summed E-state index contributed by atoms with van der Waals surface area (Å²) in [5, 5.41) is 3.41. The Labute approximate surface area is 102 Å². The highest BCUT2D eigenvalue weighted by molar-refractivity contribution is 4.65. The molecule has 0 heterocycles. The van der Waals surface area contributed by atoms with Crippen molar-refractivity contribution < 1.29 is 4.74 Å². The second-order valence-electron chi connectivity index (χ2n) is 4.93. The van der Waals surface area contributed by atoms with E-state index in [9.17, 15) is 0 Å². The van der Waals surface area contributed by atoms with Gasteiger partial charge in [0.1, 0.15) is 0 Å². The zero-order chi connectivity index (χ0) is 12.4. The van der Waals surface area contributed by atoms with Crippen LogP contribution in [0.1, 0.15) is 34.6 Å². The standard InChI is InChI=1S/C13H30N2O/c1-6-16-10-8-14-7-9-15(13(4)5)11-12(2)3/h12-14H,6-11H2,1-5H3. The Morgan fingerprint density at radius 1 is 1.12 bits per heavy atom. The smallest absolute Gasteiger partial charge is 0.0590 e. The van der Waals surface area contributed by atoms with E-state index in [-0.39, 0.29) is 0 Å². The molecule has 0 amide bonds. The third-order valence-electron chi connectivity index (χ3n) is 2.53. The van der Waals surface area contributed by atoms with E-state index in [1.165, 1.54) is 6.54 Å². The van der Waals surface area contributed by atoms with Gasteiger partial charge in [-0.3, -0.25) is 4.90 Å². The van der Waals surface area contributed by atoms with Gasteiger partial charge in [-0.25, -0.2) is 0 Å². The van der Waals surface area contributed by atoms with Gasteiger partial charge in [0, 0.05) is 38.8 Å². The molecule has 0 saturated heterocycles. The molecule has 0 bridgehead atoms. The average Bonchev–Trinajstić information content (AvgIpc) is 2.20. The number of nitrogens with one attached hydrogen (secondary N) is 1. The van der Waals surface area contributed by atoms with E-state index in [0.717, 1.165) is 38.8 Å². The molecule has 0 radical (unpaired) electrons. The van der Waals surface area contributed by atoms with Gasteiger partial charge < -0.3 is 10.1 Å². The van der Waals surface area contributed by atoms with Crippen molar-refractivity contribution in [3.63, 3.8) is 0 Å². The summed E-state index contributed by atoms with van der Waals surface area (Å²) in [7, 11) is 0. The van der Waals surface area contributed by atoms with E-state index in [1.54, 1.807) is 0 Å². The summed E-state index contributed by atoms with van der Waals surface area (Å²) < 4.78 is 5.28. The van der Waals surface area contributed by atoms with Gasteiger partial charge in [0.25, 0.3) is 0 Å². The molecule has 0 rings (SSSR count). The lowest BCUT2D eigenvalue weighted by Crippen LogP contribution is -2.39. The predicted octanol–water partition coefficient (Wildman–Crippen LogP) is 1.98. The quantitative estimate of drug-likeness (QED) is 0.581. The Morgan fingerprint density at radius 3 is 2.31 bits per heavy atom. The molecule has 0 aromatic rings. The summed E-state index contributed by atoms with van der Waals surface area (Å²) in [6, 6.07) is 0.635. The van der Waals surface area contributed by atoms with Crippen LogP contribution in [-0.4, -0.2) is 50.3 Å². The molecule has 16 heavy (non-hydrogen) atoms. The first-order chi connectivity index (χ1) is 7.57. The average molecular weight is 230 g/mol. The Morgan fingerprint density at radius 2 is 1.81 bits per heavy atom. The Bertz CT molecular complexity index is 149. The number of hydrogen-bond donors (Lipinski definition) is 1. The van der Waals surface area contributed by atoms with Crippen LogP contribution in [0.4, 0.5) is 0 Å². The largest absolute Gasteiger partial charge is 0.380 e. The molecule has 0 spiro atoms. The van der Waals surface area contributed by atoms with Crippen LogP contribution < -0.4 is 5.32 Å². The van der Waals surface area contributed by atoms with E-state index in [0.29, 0.717) is 6.04 Å². The van der Waals surface area contributed by atoms with Crippen LogP contribution in [0.5, 0.6) is 0 Å². The highest BCUT2D eigenvalue weighted by atomic mass is 16.5. The first-order valence-electron chi connectivity index (χ1n) is 6.60. The molecule has 0 unspecified atom stereocenters. The SMILES string of the molecule is CCOCCNCCN(CC(C)C)C(C)C. The molecule has 1 N–H and O–H groups in total. The first kappa shape index (κ1) is 15.9. The topological polar surface area (TPSA) is 24.5 Å².